The quantitative estimate of drug-likeness (QED) is 0.855. The fraction of sp³-hybridized carbons (Fsp3) is 0.357. The zero-order chi connectivity index (χ0) is 13.4. The van der Waals surface area contributed by atoms with Crippen LogP contribution in [0.1, 0.15) is 16.1 Å². The number of aryl methyl sites for hydroxylation is 1. The SMILES string of the molecule is Cc1c(C(=O)N2CCOCC2)[nH]c2ccc(F)cc12. The third kappa shape index (κ3) is 2.10. The van der Waals surface area contributed by atoms with Gasteiger partial charge in [-0.1, -0.05) is 0 Å². The molecule has 0 bridgehead atoms. The van der Waals surface area contributed by atoms with Crippen molar-refractivity contribution in [2.45, 2.75) is 6.92 Å². The number of carbonyl (C=O) groups excluding carboxylic acids is 1. The molecule has 1 aromatic heterocycles. The molecule has 0 radical (unpaired) electrons. The summed E-state index contributed by atoms with van der Waals surface area (Å²) in [6.07, 6.45) is 0. The van der Waals surface area contributed by atoms with Crippen molar-refractivity contribution in [1.29, 1.82) is 0 Å². The number of hydrogen-bond donors (Lipinski definition) is 1. The fourth-order valence-corrected chi connectivity index (χ4v) is 2.44. The number of hydrogen-bond acceptors (Lipinski definition) is 2. The molecule has 1 amide bonds. The Morgan fingerprint density at radius 3 is 2.84 bits per heavy atom. The van der Waals surface area contributed by atoms with E-state index in [1.807, 2.05) is 6.92 Å². The van der Waals surface area contributed by atoms with Crippen LogP contribution in [0.25, 0.3) is 10.9 Å². The summed E-state index contributed by atoms with van der Waals surface area (Å²) in [5, 5.41) is 0.761. The van der Waals surface area contributed by atoms with E-state index < -0.39 is 0 Å². The highest BCUT2D eigenvalue weighted by Gasteiger charge is 2.22. The molecule has 1 N–H and O–H groups in total. The second-order valence-corrected chi connectivity index (χ2v) is 4.72. The Labute approximate surface area is 110 Å². The van der Waals surface area contributed by atoms with Crippen molar-refractivity contribution in [3.8, 4) is 0 Å². The minimum atomic E-state index is -0.292. The van der Waals surface area contributed by atoms with Crippen molar-refractivity contribution in [2.24, 2.45) is 0 Å². The van der Waals surface area contributed by atoms with Crippen LogP contribution in [0.4, 0.5) is 4.39 Å². The van der Waals surface area contributed by atoms with Crippen molar-refractivity contribution in [2.75, 3.05) is 26.3 Å². The second-order valence-electron chi connectivity index (χ2n) is 4.72. The predicted octanol–water partition coefficient (Wildman–Crippen LogP) is 2.09. The van der Waals surface area contributed by atoms with Crippen molar-refractivity contribution in [3.05, 3.63) is 35.3 Å². The molecule has 2 aromatic rings. The van der Waals surface area contributed by atoms with E-state index in [0.717, 1.165) is 16.5 Å². The third-order valence-electron chi connectivity index (χ3n) is 3.53. The number of aromatic amines is 1. The number of rotatable bonds is 1. The summed E-state index contributed by atoms with van der Waals surface area (Å²) in [5.41, 5.74) is 2.13. The zero-order valence-electron chi connectivity index (χ0n) is 10.7. The summed E-state index contributed by atoms with van der Waals surface area (Å²) in [4.78, 5) is 17.3. The van der Waals surface area contributed by atoms with Gasteiger partial charge in [0.15, 0.2) is 0 Å². The molecule has 1 aliphatic rings. The van der Waals surface area contributed by atoms with Gasteiger partial charge in [-0.3, -0.25) is 4.79 Å². The number of halogens is 1. The molecule has 5 heteroatoms. The molecular weight excluding hydrogens is 247 g/mol. The van der Waals surface area contributed by atoms with Crippen LogP contribution in [-0.4, -0.2) is 42.1 Å². The number of aromatic nitrogens is 1. The van der Waals surface area contributed by atoms with E-state index in [-0.39, 0.29) is 11.7 Å². The number of benzene rings is 1. The van der Waals surface area contributed by atoms with E-state index in [9.17, 15) is 9.18 Å². The summed E-state index contributed by atoms with van der Waals surface area (Å²) in [7, 11) is 0. The van der Waals surface area contributed by atoms with E-state index >= 15 is 0 Å². The lowest BCUT2D eigenvalue weighted by Gasteiger charge is -2.26. The van der Waals surface area contributed by atoms with Crippen LogP contribution in [0, 0.1) is 12.7 Å². The van der Waals surface area contributed by atoms with Crippen LogP contribution in [-0.2, 0) is 4.74 Å². The van der Waals surface area contributed by atoms with Gasteiger partial charge in [0.05, 0.1) is 13.2 Å². The standard InChI is InChI=1S/C14H15FN2O2/c1-9-11-8-10(15)2-3-12(11)16-13(9)14(18)17-4-6-19-7-5-17/h2-3,8,16H,4-7H2,1H3. The monoisotopic (exact) mass is 262 g/mol. The van der Waals surface area contributed by atoms with Gasteiger partial charge in [-0.25, -0.2) is 4.39 Å². The van der Waals surface area contributed by atoms with Crippen LogP contribution >= 0.6 is 0 Å². The fourth-order valence-electron chi connectivity index (χ4n) is 2.44. The maximum Gasteiger partial charge on any atom is 0.270 e. The Bertz CT molecular complexity index is 630. The van der Waals surface area contributed by atoms with Crippen molar-refractivity contribution in [3.63, 3.8) is 0 Å². The molecular formula is C14H15FN2O2. The van der Waals surface area contributed by atoms with Crippen LogP contribution < -0.4 is 0 Å². The Morgan fingerprint density at radius 1 is 1.37 bits per heavy atom. The summed E-state index contributed by atoms with van der Waals surface area (Å²) >= 11 is 0. The van der Waals surface area contributed by atoms with Crippen LogP contribution in [0.3, 0.4) is 0 Å². The molecule has 0 saturated carbocycles. The van der Waals surface area contributed by atoms with Gasteiger partial charge in [-0.2, -0.15) is 0 Å². The van der Waals surface area contributed by atoms with Crippen LogP contribution in [0.5, 0.6) is 0 Å². The van der Waals surface area contributed by atoms with E-state index in [1.165, 1.54) is 12.1 Å². The first-order valence-electron chi connectivity index (χ1n) is 6.31. The minimum absolute atomic E-state index is 0.0441. The van der Waals surface area contributed by atoms with Gasteiger partial charge in [0.2, 0.25) is 0 Å². The molecule has 4 nitrogen and oxygen atoms in total. The highest BCUT2D eigenvalue weighted by molar-refractivity contribution is 6.00. The maximum absolute atomic E-state index is 13.3. The number of carbonyl (C=O) groups is 1. The predicted molar refractivity (Wildman–Crippen MR) is 69.7 cm³/mol. The molecule has 1 saturated heterocycles. The maximum atomic E-state index is 13.3. The number of nitrogens with one attached hydrogen (secondary N) is 1. The van der Waals surface area contributed by atoms with Gasteiger partial charge in [-0.15, -0.1) is 0 Å². The van der Waals surface area contributed by atoms with Crippen molar-refractivity contribution < 1.29 is 13.9 Å². The molecule has 100 valence electrons. The largest absolute Gasteiger partial charge is 0.378 e. The Hall–Kier alpha value is -1.88. The lowest BCUT2D eigenvalue weighted by molar-refractivity contribution is 0.0299. The van der Waals surface area contributed by atoms with Gasteiger partial charge in [0.25, 0.3) is 5.91 Å². The minimum Gasteiger partial charge on any atom is -0.378 e. The number of nitrogens with zero attached hydrogens (tertiary/aromatic N) is 1. The normalized spacial score (nSPS) is 16.0. The zero-order valence-corrected chi connectivity index (χ0v) is 10.7. The number of ether oxygens (including phenoxy) is 1. The third-order valence-corrected chi connectivity index (χ3v) is 3.53. The lowest BCUT2D eigenvalue weighted by atomic mass is 10.1. The summed E-state index contributed by atoms with van der Waals surface area (Å²) < 4.78 is 18.5. The average molecular weight is 262 g/mol. The molecule has 0 unspecified atom stereocenters. The second kappa shape index (κ2) is 4.66. The molecule has 1 fully saturated rings. The van der Waals surface area contributed by atoms with E-state index in [4.69, 9.17) is 4.74 Å². The average Bonchev–Trinajstić information content (AvgIpc) is 2.76. The van der Waals surface area contributed by atoms with E-state index in [0.29, 0.717) is 32.0 Å². The number of amides is 1. The molecule has 3 rings (SSSR count). The molecule has 19 heavy (non-hydrogen) atoms. The Morgan fingerprint density at radius 2 is 2.11 bits per heavy atom. The molecule has 2 heterocycles. The summed E-state index contributed by atoms with van der Waals surface area (Å²) in [6, 6.07) is 4.51. The highest BCUT2D eigenvalue weighted by Crippen LogP contribution is 2.23. The van der Waals surface area contributed by atoms with Gasteiger partial charge in [-0.05, 0) is 30.7 Å². The molecule has 0 spiro atoms. The molecule has 0 atom stereocenters. The first kappa shape index (κ1) is 12.2. The van der Waals surface area contributed by atoms with Gasteiger partial charge in [0, 0.05) is 24.0 Å². The molecule has 0 aliphatic carbocycles. The molecule has 1 aliphatic heterocycles. The highest BCUT2D eigenvalue weighted by atomic mass is 19.1. The van der Waals surface area contributed by atoms with Gasteiger partial charge >= 0.3 is 0 Å². The van der Waals surface area contributed by atoms with E-state index in [2.05, 4.69) is 4.98 Å². The van der Waals surface area contributed by atoms with E-state index in [1.54, 1.807) is 11.0 Å². The summed E-state index contributed by atoms with van der Waals surface area (Å²) in [5.74, 6) is -0.336. The topological polar surface area (TPSA) is 45.3 Å². The summed E-state index contributed by atoms with van der Waals surface area (Å²) in [6.45, 7) is 4.18. The van der Waals surface area contributed by atoms with Crippen LogP contribution in [0.2, 0.25) is 0 Å². The Kier molecular flexibility index (Phi) is 2.98. The lowest BCUT2D eigenvalue weighted by Crippen LogP contribution is -2.41. The number of morpholine rings is 1. The number of H-pyrrole nitrogens is 1. The van der Waals surface area contributed by atoms with Crippen LogP contribution in [0.15, 0.2) is 18.2 Å². The Balaban J connectivity index is 2.00. The first-order chi connectivity index (χ1) is 9.16. The smallest absolute Gasteiger partial charge is 0.270 e. The molecule has 1 aromatic carbocycles. The van der Waals surface area contributed by atoms with Gasteiger partial charge < -0.3 is 14.6 Å². The first-order valence-corrected chi connectivity index (χ1v) is 6.31. The van der Waals surface area contributed by atoms with Gasteiger partial charge in [0.1, 0.15) is 11.5 Å². The van der Waals surface area contributed by atoms with Crippen molar-refractivity contribution in [1.82, 2.24) is 9.88 Å². The number of fused-ring (bicyclic) bond motifs is 1. The van der Waals surface area contributed by atoms with Crippen molar-refractivity contribution >= 4 is 16.8 Å².